The Labute approximate surface area is 173 Å². The summed E-state index contributed by atoms with van der Waals surface area (Å²) >= 11 is 0. The maximum atomic E-state index is 11.5. The first-order valence-electron chi connectivity index (χ1n) is 10.8. The summed E-state index contributed by atoms with van der Waals surface area (Å²) in [5.41, 5.74) is 3.35. The van der Waals surface area contributed by atoms with E-state index >= 15 is 0 Å². The third-order valence-corrected chi connectivity index (χ3v) is 6.99. The Morgan fingerprint density at radius 3 is 2.76 bits per heavy atom. The van der Waals surface area contributed by atoms with E-state index in [2.05, 4.69) is 27.7 Å². The number of hydrogen-bond donors (Lipinski definition) is 1. The molecule has 1 N–H and O–H groups in total. The average Bonchev–Trinajstić information content (AvgIpc) is 2.68. The molecule has 1 aromatic heterocycles. The molecular weight excluding hydrogens is 364 g/mol. The number of allylic oxidation sites excluding steroid dienone is 2. The summed E-state index contributed by atoms with van der Waals surface area (Å²) in [6.07, 6.45) is 5.19. The molecule has 1 aliphatic rings. The summed E-state index contributed by atoms with van der Waals surface area (Å²) in [4.78, 5) is 11.5. The molecule has 0 spiro atoms. The van der Waals surface area contributed by atoms with E-state index in [9.17, 15) is 9.90 Å². The van der Waals surface area contributed by atoms with Crippen LogP contribution in [0.25, 0.3) is 11.0 Å². The van der Waals surface area contributed by atoms with E-state index in [1.165, 1.54) is 24.5 Å². The van der Waals surface area contributed by atoms with Gasteiger partial charge in [-0.1, -0.05) is 25.0 Å². The van der Waals surface area contributed by atoms with Crippen molar-refractivity contribution in [1.82, 2.24) is 0 Å². The van der Waals surface area contributed by atoms with Crippen molar-refractivity contribution in [2.75, 3.05) is 13.2 Å². The summed E-state index contributed by atoms with van der Waals surface area (Å²) in [6, 6.07) is 8.85. The van der Waals surface area contributed by atoms with Crippen molar-refractivity contribution < 1.29 is 14.3 Å². The van der Waals surface area contributed by atoms with Crippen LogP contribution in [0.4, 0.5) is 0 Å². The van der Waals surface area contributed by atoms with Crippen molar-refractivity contribution in [3.63, 3.8) is 0 Å². The van der Waals surface area contributed by atoms with Crippen molar-refractivity contribution in [3.8, 4) is 5.75 Å². The third-order valence-electron chi connectivity index (χ3n) is 6.99. The van der Waals surface area contributed by atoms with Gasteiger partial charge in [-0.3, -0.25) is 0 Å². The second-order valence-corrected chi connectivity index (χ2v) is 8.94. The van der Waals surface area contributed by atoms with Crippen LogP contribution in [0.15, 0.2) is 50.7 Å². The van der Waals surface area contributed by atoms with Crippen molar-refractivity contribution in [2.45, 2.75) is 59.8 Å². The van der Waals surface area contributed by atoms with Crippen LogP contribution in [0.3, 0.4) is 0 Å². The Hall–Kier alpha value is -2.07. The predicted octanol–water partition coefficient (Wildman–Crippen LogP) is 5.72. The van der Waals surface area contributed by atoms with Crippen LogP contribution in [-0.4, -0.2) is 18.3 Å². The number of ether oxygens (including phenoxy) is 1. The predicted molar refractivity (Wildman–Crippen MR) is 117 cm³/mol. The van der Waals surface area contributed by atoms with Crippen molar-refractivity contribution in [2.24, 2.45) is 17.3 Å². The number of fused-ring (bicyclic) bond motifs is 1. The molecule has 1 aliphatic carbocycles. The van der Waals surface area contributed by atoms with Gasteiger partial charge in [0.2, 0.25) is 0 Å². The standard InChI is InChI=1S/C25H34O4/c1-17(2)21-11-7-18(3)25(4,22(21)6-5-14-26)13-15-28-20-10-8-19-9-12-24(27)29-23(19)16-20/h8-10,12,16,18,22,26H,5-7,11,13-15H2,1-4H3/t18-,22-,25-/m1/s1. The molecule has 1 fully saturated rings. The van der Waals surface area contributed by atoms with E-state index in [0.29, 0.717) is 24.0 Å². The quantitative estimate of drug-likeness (QED) is 0.478. The summed E-state index contributed by atoms with van der Waals surface area (Å²) in [5, 5.41) is 10.3. The number of aliphatic hydroxyl groups is 1. The lowest BCUT2D eigenvalue weighted by Crippen LogP contribution is -2.40. The number of rotatable bonds is 7. The lowest BCUT2D eigenvalue weighted by atomic mass is 9.57. The maximum absolute atomic E-state index is 11.5. The lowest BCUT2D eigenvalue weighted by molar-refractivity contribution is 0.0510. The van der Waals surface area contributed by atoms with Crippen molar-refractivity contribution >= 4 is 11.0 Å². The van der Waals surface area contributed by atoms with E-state index in [1.807, 2.05) is 12.1 Å². The molecule has 2 aromatic rings. The van der Waals surface area contributed by atoms with Crippen LogP contribution in [0.2, 0.25) is 0 Å². The van der Waals surface area contributed by atoms with Gasteiger partial charge in [0.1, 0.15) is 11.3 Å². The van der Waals surface area contributed by atoms with Gasteiger partial charge in [0.05, 0.1) is 6.61 Å². The number of aliphatic hydroxyl groups excluding tert-OH is 1. The first kappa shape index (κ1) is 21.6. The fourth-order valence-electron chi connectivity index (χ4n) is 4.96. The summed E-state index contributed by atoms with van der Waals surface area (Å²) in [7, 11) is 0. The number of benzene rings is 1. The molecule has 0 unspecified atom stereocenters. The van der Waals surface area contributed by atoms with Crippen LogP contribution in [-0.2, 0) is 0 Å². The summed E-state index contributed by atoms with van der Waals surface area (Å²) < 4.78 is 11.4. The fraction of sp³-hybridized carbons (Fsp3) is 0.560. The topological polar surface area (TPSA) is 59.7 Å². The highest BCUT2D eigenvalue weighted by Gasteiger charge is 2.43. The normalized spacial score (nSPS) is 24.7. The molecule has 4 heteroatoms. The smallest absolute Gasteiger partial charge is 0.336 e. The zero-order valence-corrected chi connectivity index (χ0v) is 18.2. The zero-order valence-electron chi connectivity index (χ0n) is 18.2. The molecule has 158 valence electrons. The first-order valence-corrected chi connectivity index (χ1v) is 10.8. The average molecular weight is 399 g/mol. The number of hydrogen-bond acceptors (Lipinski definition) is 4. The molecule has 3 rings (SSSR count). The lowest BCUT2D eigenvalue weighted by Gasteiger charge is -2.48. The Balaban J connectivity index is 1.75. The molecule has 1 aromatic carbocycles. The van der Waals surface area contributed by atoms with Crippen LogP contribution in [0.5, 0.6) is 5.75 Å². The largest absolute Gasteiger partial charge is 0.493 e. The van der Waals surface area contributed by atoms with E-state index in [-0.39, 0.29) is 17.6 Å². The second kappa shape index (κ2) is 9.17. The van der Waals surface area contributed by atoms with Crippen LogP contribution in [0.1, 0.15) is 59.8 Å². The zero-order chi connectivity index (χ0) is 21.0. The van der Waals surface area contributed by atoms with Gasteiger partial charge in [0.15, 0.2) is 0 Å². The van der Waals surface area contributed by atoms with E-state index in [1.54, 1.807) is 17.7 Å². The van der Waals surface area contributed by atoms with E-state index < -0.39 is 0 Å². The molecule has 0 radical (unpaired) electrons. The van der Waals surface area contributed by atoms with Gasteiger partial charge in [0.25, 0.3) is 0 Å². The molecule has 0 aliphatic heterocycles. The molecule has 0 amide bonds. The molecule has 1 heterocycles. The Bertz CT molecular complexity index is 922. The van der Waals surface area contributed by atoms with E-state index in [0.717, 1.165) is 30.4 Å². The highest BCUT2D eigenvalue weighted by Crippen LogP contribution is 2.52. The van der Waals surface area contributed by atoms with Gasteiger partial charge in [-0.05, 0) is 81.4 Å². The van der Waals surface area contributed by atoms with Gasteiger partial charge in [0, 0.05) is 24.1 Å². The molecule has 0 bridgehead atoms. The highest BCUT2D eigenvalue weighted by atomic mass is 16.5. The molecule has 4 nitrogen and oxygen atoms in total. The Kier molecular flexibility index (Phi) is 6.84. The van der Waals surface area contributed by atoms with Crippen LogP contribution < -0.4 is 10.4 Å². The molecule has 3 atom stereocenters. The highest BCUT2D eigenvalue weighted by molar-refractivity contribution is 5.77. The maximum Gasteiger partial charge on any atom is 0.336 e. The van der Waals surface area contributed by atoms with Gasteiger partial charge >= 0.3 is 5.63 Å². The third kappa shape index (κ3) is 4.75. The monoisotopic (exact) mass is 398 g/mol. The molecule has 0 saturated heterocycles. The minimum absolute atomic E-state index is 0.142. The van der Waals surface area contributed by atoms with Crippen molar-refractivity contribution in [3.05, 3.63) is 51.9 Å². The summed E-state index contributed by atoms with van der Waals surface area (Å²) in [6.45, 7) is 10.1. The van der Waals surface area contributed by atoms with Gasteiger partial charge in [-0.25, -0.2) is 4.79 Å². The molecule has 29 heavy (non-hydrogen) atoms. The minimum atomic E-state index is -0.348. The van der Waals surface area contributed by atoms with Crippen LogP contribution in [0, 0.1) is 17.3 Å². The fourth-order valence-corrected chi connectivity index (χ4v) is 4.96. The van der Waals surface area contributed by atoms with Crippen LogP contribution >= 0.6 is 0 Å². The minimum Gasteiger partial charge on any atom is -0.493 e. The van der Waals surface area contributed by atoms with Gasteiger partial charge in [-0.2, -0.15) is 0 Å². The molecular formula is C25H34O4. The molecule has 1 saturated carbocycles. The Morgan fingerprint density at radius 1 is 1.28 bits per heavy atom. The first-order chi connectivity index (χ1) is 13.8. The van der Waals surface area contributed by atoms with E-state index in [4.69, 9.17) is 9.15 Å². The SMILES string of the molecule is CC(C)=C1CC[C@@H](C)[C@@](C)(CCOc2ccc3ccc(=O)oc3c2)[C@@H]1CCCO. The van der Waals surface area contributed by atoms with Gasteiger partial charge in [-0.15, -0.1) is 0 Å². The summed E-state index contributed by atoms with van der Waals surface area (Å²) in [5.74, 6) is 1.82. The van der Waals surface area contributed by atoms with Crippen molar-refractivity contribution in [1.29, 1.82) is 0 Å². The van der Waals surface area contributed by atoms with Gasteiger partial charge < -0.3 is 14.3 Å². The Morgan fingerprint density at radius 2 is 2.03 bits per heavy atom. The second-order valence-electron chi connectivity index (χ2n) is 8.94.